The molecule has 0 unspecified atom stereocenters. The lowest BCUT2D eigenvalue weighted by Crippen LogP contribution is -2.09. The molecule has 0 saturated carbocycles. The van der Waals surface area contributed by atoms with Crippen LogP contribution in [0.3, 0.4) is 0 Å². The number of carbonyl (C=O) groups is 1. The molecule has 1 aromatic heterocycles. The van der Waals surface area contributed by atoms with Crippen LogP contribution in [0.15, 0.2) is 24.3 Å². The fourth-order valence-electron chi connectivity index (χ4n) is 1.58. The van der Waals surface area contributed by atoms with Crippen molar-refractivity contribution in [1.29, 1.82) is 5.26 Å². The molecule has 19 heavy (non-hydrogen) atoms. The predicted octanol–water partition coefficient (Wildman–Crippen LogP) is 1.60. The second kappa shape index (κ2) is 5.18. The molecule has 0 atom stereocenters. The van der Waals surface area contributed by atoms with Crippen LogP contribution in [0.4, 0.5) is 10.6 Å². The van der Waals surface area contributed by atoms with E-state index < -0.39 is 6.09 Å². The van der Waals surface area contributed by atoms with Crippen LogP contribution in [-0.2, 0) is 6.54 Å². The molecule has 2 rings (SSSR count). The van der Waals surface area contributed by atoms with E-state index in [9.17, 15) is 4.79 Å². The van der Waals surface area contributed by atoms with Crippen LogP contribution in [0.1, 0.15) is 16.8 Å². The first-order valence-corrected chi connectivity index (χ1v) is 5.49. The van der Waals surface area contributed by atoms with E-state index in [0.717, 1.165) is 5.56 Å². The van der Waals surface area contributed by atoms with E-state index in [1.165, 1.54) is 0 Å². The van der Waals surface area contributed by atoms with Crippen LogP contribution in [0.2, 0.25) is 0 Å². The number of rotatable bonds is 3. The number of hydrogen-bond acceptors (Lipinski definition) is 4. The third-order valence-electron chi connectivity index (χ3n) is 2.62. The second-order valence-corrected chi connectivity index (χ2v) is 3.92. The number of nitrogens with one attached hydrogen (secondary N) is 1. The molecular formula is C12H11N5O2. The van der Waals surface area contributed by atoms with Gasteiger partial charge < -0.3 is 5.11 Å². The van der Waals surface area contributed by atoms with Crippen molar-refractivity contribution < 1.29 is 9.90 Å². The lowest BCUT2D eigenvalue weighted by atomic mass is 10.1. The highest BCUT2D eigenvalue weighted by Gasteiger charge is 2.10. The Morgan fingerprint density at radius 1 is 1.47 bits per heavy atom. The topological polar surface area (TPSA) is 104 Å². The van der Waals surface area contributed by atoms with E-state index in [4.69, 9.17) is 10.4 Å². The zero-order valence-electron chi connectivity index (χ0n) is 10.2. The van der Waals surface area contributed by atoms with Gasteiger partial charge in [-0.3, -0.25) is 5.32 Å². The molecule has 0 aliphatic rings. The largest absolute Gasteiger partial charge is 0.465 e. The fraction of sp³-hybridized carbons (Fsp3) is 0.167. The van der Waals surface area contributed by atoms with Crippen LogP contribution >= 0.6 is 0 Å². The van der Waals surface area contributed by atoms with Crippen molar-refractivity contribution in [3.8, 4) is 6.07 Å². The van der Waals surface area contributed by atoms with E-state index in [0.29, 0.717) is 17.8 Å². The smallest absolute Gasteiger partial charge is 0.410 e. The van der Waals surface area contributed by atoms with Crippen molar-refractivity contribution in [2.24, 2.45) is 0 Å². The van der Waals surface area contributed by atoms with Gasteiger partial charge in [-0.05, 0) is 24.6 Å². The highest BCUT2D eigenvalue weighted by atomic mass is 16.4. The first-order valence-electron chi connectivity index (χ1n) is 5.49. The van der Waals surface area contributed by atoms with Gasteiger partial charge in [-0.1, -0.05) is 17.3 Å². The normalized spacial score (nSPS) is 9.89. The molecule has 0 spiro atoms. The Balaban J connectivity index is 2.17. The fourth-order valence-corrected chi connectivity index (χ4v) is 1.58. The molecular weight excluding hydrogens is 246 g/mol. The quantitative estimate of drug-likeness (QED) is 0.869. The molecule has 1 heterocycles. The summed E-state index contributed by atoms with van der Waals surface area (Å²) < 4.78 is 1.59. The number of benzene rings is 1. The molecule has 1 aromatic carbocycles. The highest BCUT2D eigenvalue weighted by molar-refractivity contribution is 5.81. The van der Waals surface area contributed by atoms with Crippen molar-refractivity contribution >= 4 is 11.9 Å². The molecule has 0 aliphatic heterocycles. The standard InChI is InChI=1S/C12H11N5O2/c1-8-11(14-12(18)19)15-16-17(8)7-10-4-2-9(6-13)3-5-10/h2-5,14H,7H2,1H3,(H,18,19). The van der Waals surface area contributed by atoms with E-state index >= 15 is 0 Å². The van der Waals surface area contributed by atoms with Gasteiger partial charge in [0.1, 0.15) is 0 Å². The molecule has 0 fully saturated rings. The number of nitrogens with zero attached hydrogens (tertiary/aromatic N) is 4. The van der Waals surface area contributed by atoms with Gasteiger partial charge in [0.25, 0.3) is 0 Å². The summed E-state index contributed by atoms with van der Waals surface area (Å²) in [6.07, 6.45) is -1.17. The van der Waals surface area contributed by atoms with Gasteiger partial charge in [0.15, 0.2) is 5.82 Å². The maximum absolute atomic E-state index is 10.5. The van der Waals surface area contributed by atoms with Gasteiger partial charge in [-0.25, -0.2) is 9.48 Å². The van der Waals surface area contributed by atoms with E-state index in [-0.39, 0.29) is 5.82 Å². The second-order valence-electron chi connectivity index (χ2n) is 3.92. The Bertz CT molecular complexity index is 639. The minimum Gasteiger partial charge on any atom is -0.465 e. The monoisotopic (exact) mass is 257 g/mol. The summed E-state index contributed by atoms with van der Waals surface area (Å²) in [5.74, 6) is 0.223. The SMILES string of the molecule is Cc1c(NC(=O)O)nnn1Cc1ccc(C#N)cc1. The van der Waals surface area contributed by atoms with Crippen molar-refractivity contribution in [2.75, 3.05) is 5.32 Å². The summed E-state index contributed by atoms with van der Waals surface area (Å²) in [6.45, 7) is 2.20. The number of carboxylic acid groups (broad SMARTS) is 1. The first kappa shape index (κ1) is 12.6. The number of hydrogen-bond donors (Lipinski definition) is 2. The molecule has 0 radical (unpaired) electrons. The molecule has 0 aliphatic carbocycles. The van der Waals surface area contributed by atoms with Gasteiger partial charge in [-0.15, -0.1) is 5.10 Å². The van der Waals surface area contributed by atoms with Crippen molar-refractivity contribution in [3.63, 3.8) is 0 Å². The number of nitriles is 1. The van der Waals surface area contributed by atoms with Gasteiger partial charge in [0.2, 0.25) is 0 Å². The molecule has 7 nitrogen and oxygen atoms in total. The van der Waals surface area contributed by atoms with Crippen LogP contribution in [0.25, 0.3) is 0 Å². The summed E-state index contributed by atoms with van der Waals surface area (Å²) in [5.41, 5.74) is 2.17. The Hall–Kier alpha value is -2.88. The Kier molecular flexibility index (Phi) is 3.43. The summed E-state index contributed by atoms with van der Waals surface area (Å²) >= 11 is 0. The van der Waals surface area contributed by atoms with Gasteiger partial charge in [0.05, 0.1) is 23.9 Å². The maximum Gasteiger partial charge on any atom is 0.410 e. The molecule has 0 saturated heterocycles. The summed E-state index contributed by atoms with van der Waals surface area (Å²) in [4.78, 5) is 10.5. The van der Waals surface area contributed by atoms with Gasteiger partial charge in [0, 0.05) is 0 Å². The Morgan fingerprint density at radius 2 is 2.16 bits per heavy atom. The summed E-state index contributed by atoms with van der Waals surface area (Å²) in [7, 11) is 0. The summed E-state index contributed by atoms with van der Waals surface area (Å²) in [6, 6.07) is 9.13. The van der Waals surface area contributed by atoms with Crippen LogP contribution < -0.4 is 5.32 Å². The third kappa shape index (κ3) is 2.87. The van der Waals surface area contributed by atoms with Crippen molar-refractivity contribution in [1.82, 2.24) is 15.0 Å². The lowest BCUT2D eigenvalue weighted by Gasteiger charge is -2.04. The van der Waals surface area contributed by atoms with Gasteiger partial charge >= 0.3 is 6.09 Å². The van der Waals surface area contributed by atoms with E-state index in [1.54, 1.807) is 23.7 Å². The Morgan fingerprint density at radius 3 is 2.74 bits per heavy atom. The molecule has 96 valence electrons. The lowest BCUT2D eigenvalue weighted by molar-refractivity contribution is 0.209. The average molecular weight is 257 g/mol. The maximum atomic E-state index is 10.5. The minimum absolute atomic E-state index is 0.223. The highest BCUT2D eigenvalue weighted by Crippen LogP contribution is 2.12. The van der Waals surface area contributed by atoms with Crippen LogP contribution in [-0.4, -0.2) is 26.2 Å². The third-order valence-corrected chi connectivity index (χ3v) is 2.62. The molecule has 0 bridgehead atoms. The molecule has 2 N–H and O–H groups in total. The van der Waals surface area contributed by atoms with Crippen molar-refractivity contribution in [2.45, 2.75) is 13.5 Å². The molecule has 7 heteroatoms. The van der Waals surface area contributed by atoms with Crippen LogP contribution in [0, 0.1) is 18.3 Å². The number of amides is 1. The zero-order chi connectivity index (χ0) is 13.8. The molecule has 2 aromatic rings. The average Bonchev–Trinajstić information content (AvgIpc) is 2.72. The minimum atomic E-state index is -1.17. The van der Waals surface area contributed by atoms with Crippen molar-refractivity contribution in [3.05, 3.63) is 41.1 Å². The predicted molar refractivity (Wildman–Crippen MR) is 66.7 cm³/mol. The zero-order valence-corrected chi connectivity index (χ0v) is 10.2. The van der Waals surface area contributed by atoms with E-state index in [2.05, 4.69) is 15.6 Å². The first-order chi connectivity index (χ1) is 9.10. The molecule has 1 amide bonds. The van der Waals surface area contributed by atoms with Crippen LogP contribution in [0.5, 0.6) is 0 Å². The Labute approximate surface area is 109 Å². The van der Waals surface area contributed by atoms with E-state index in [1.807, 2.05) is 18.2 Å². The van der Waals surface area contributed by atoms with Gasteiger partial charge in [-0.2, -0.15) is 5.26 Å². The number of aromatic nitrogens is 3. The number of anilines is 1. The summed E-state index contributed by atoms with van der Waals surface area (Å²) in [5, 5.41) is 27.2.